The Hall–Kier alpha value is -3.23. The van der Waals surface area contributed by atoms with Crippen LogP contribution >= 0.6 is 0 Å². The Morgan fingerprint density at radius 3 is 2.28 bits per heavy atom. The van der Waals surface area contributed by atoms with E-state index in [1.807, 2.05) is 12.1 Å². The molecule has 0 saturated heterocycles. The van der Waals surface area contributed by atoms with Gasteiger partial charge in [0.2, 0.25) is 5.90 Å². The van der Waals surface area contributed by atoms with Crippen molar-refractivity contribution in [1.82, 2.24) is 4.98 Å². The molecule has 1 aliphatic heterocycles. The number of aromatic nitrogens is 1. The van der Waals surface area contributed by atoms with E-state index in [1.54, 1.807) is 6.92 Å². The zero-order valence-electron chi connectivity index (χ0n) is 21.4. The fraction of sp³-hybridized carbons (Fsp3) is 0.393. The molecule has 2 heterocycles. The summed E-state index contributed by atoms with van der Waals surface area (Å²) < 4.78 is 23.1. The molecular formula is C28H34N2O5Si. The number of nitrogens with zero attached hydrogens (tertiary/aromatic N) is 2. The van der Waals surface area contributed by atoms with Crippen molar-refractivity contribution in [3.05, 3.63) is 78.5 Å². The van der Waals surface area contributed by atoms with Crippen molar-refractivity contribution in [2.75, 3.05) is 19.8 Å². The third-order valence-electron chi connectivity index (χ3n) is 6.25. The van der Waals surface area contributed by atoms with Crippen LogP contribution in [-0.4, -0.2) is 51.0 Å². The molecule has 0 bridgehead atoms. The highest BCUT2D eigenvalue weighted by atomic mass is 28.4. The largest absolute Gasteiger partial charge is 0.473 e. The zero-order chi connectivity index (χ0) is 25.6. The van der Waals surface area contributed by atoms with Crippen molar-refractivity contribution in [3.63, 3.8) is 0 Å². The highest BCUT2D eigenvalue weighted by Gasteiger charge is 2.49. The maximum Gasteiger partial charge on any atom is 0.334 e. The number of aliphatic imine (C=N–C) groups is 1. The first kappa shape index (κ1) is 25.8. The van der Waals surface area contributed by atoms with E-state index >= 15 is 0 Å². The van der Waals surface area contributed by atoms with E-state index < -0.39 is 20.3 Å². The molecule has 0 spiro atoms. The molecule has 190 valence electrons. The third-order valence-corrected chi connectivity index (χ3v) is 11.3. The number of carbonyl (C=O) groups excluding carboxylic acids is 1. The monoisotopic (exact) mass is 506 g/mol. The topological polar surface area (TPSA) is 83.2 Å². The van der Waals surface area contributed by atoms with Crippen LogP contribution < -0.4 is 10.4 Å². The fourth-order valence-corrected chi connectivity index (χ4v) is 9.21. The summed E-state index contributed by atoms with van der Waals surface area (Å²) in [6.07, 6.45) is 2.89. The van der Waals surface area contributed by atoms with Gasteiger partial charge in [-0.25, -0.2) is 14.8 Å². The average molecular weight is 507 g/mol. The molecule has 3 aromatic rings. The highest BCUT2D eigenvalue weighted by Crippen LogP contribution is 2.36. The maximum atomic E-state index is 11.9. The lowest BCUT2D eigenvalue weighted by molar-refractivity contribution is -0.144. The Labute approximate surface area is 213 Å². The van der Waals surface area contributed by atoms with Gasteiger partial charge in [0, 0.05) is 13.0 Å². The van der Waals surface area contributed by atoms with E-state index in [9.17, 15) is 4.79 Å². The Bertz CT molecular complexity index is 1130. The van der Waals surface area contributed by atoms with Crippen molar-refractivity contribution in [2.45, 2.75) is 51.6 Å². The van der Waals surface area contributed by atoms with Gasteiger partial charge in [0.1, 0.15) is 12.9 Å². The van der Waals surface area contributed by atoms with Crippen molar-refractivity contribution in [1.29, 1.82) is 0 Å². The van der Waals surface area contributed by atoms with E-state index in [0.717, 1.165) is 6.42 Å². The quantitative estimate of drug-likeness (QED) is 0.236. The van der Waals surface area contributed by atoms with Gasteiger partial charge in [-0.2, -0.15) is 0 Å². The number of benzene rings is 2. The van der Waals surface area contributed by atoms with Gasteiger partial charge in [-0.15, -0.1) is 0 Å². The molecule has 0 unspecified atom stereocenters. The van der Waals surface area contributed by atoms with Crippen LogP contribution in [0.3, 0.4) is 0 Å². The van der Waals surface area contributed by atoms with Gasteiger partial charge in [0.25, 0.3) is 8.32 Å². The summed E-state index contributed by atoms with van der Waals surface area (Å²) in [7, 11) is -2.56. The maximum absolute atomic E-state index is 11.9. The number of carbonyl (C=O) groups is 1. The number of hydrogen-bond acceptors (Lipinski definition) is 7. The molecule has 0 radical (unpaired) electrons. The van der Waals surface area contributed by atoms with E-state index in [0.29, 0.717) is 37.1 Å². The Morgan fingerprint density at radius 1 is 1.06 bits per heavy atom. The van der Waals surface area contributed by atoms with Crippen molar-refractivity contribution >= 4 is 30.6 Å². The Morgan fingerprint density at radius 2 is 1.69 bits per heavy atom. The lowest BCUT2D eigenvalue weighted by atomic mass is 10.2. The second-order valence-corrected chi connectivity index (χ2v) is 14.1. The van der Waals surface area contributed by atoms with Crippen molar-refractivity contribution in [3.8, 4) is 0 Å². The van der Waals surface area contributed by atoms with Gasteiger partial charge in [0.15, 0.2) is 17.6 Å². The molecule has 0 saturated carbocycles. The summed E-state index contributed by atoms with van der Waals surface area (Å²) in [6, 6.07) is 20.6. The number of esters is 1. The molecule has 8 heteroatoms. The second kappa shape index (κ2) is 11.2. The lowest BCUT2D eigenvalue weighted by Crippen LogP contribution is -2.66. The fourth-order valence-electron chi connectivity index (χ4n) is 4.61. The van der Waals surface area contributed by atoms with Gasteiger partial charge >= 0.3 is 5.97 Å². The van der Waals surface area contributed by atoms with Crippen LogP contribution in [0.1, 0.15) is 45.7 Å². The molecule has 1 aromatic heterocycles. The minimum absolute atomic E-state index is 0.0702. The molecule has 36 heavy (non-hydrogen) atoms. The third kappa shape index (κ3) is 5.44. The Balaban J connectivity index is 1.45. The molecule has 4 rings (SSSR count). The van der Waals surface area contributed by atoms with Crippen LogP contribution in [0.25, 0.3) is 0 Å². The van der Waals surface area contributed by atoms with Crippen LogP contribution in [0, 0.1) is 0 Å². The minimum atomic E-state index is -2.56. The molecule has 0 fully saturated rings. The molecule has 0 aliphatic carbocycles. The minimum Gasteiger partial charge on any atom is -0.473 e. The first-order valence-electron chi connectivity index (χ1n) is 12.4. The first-order chi connectivity index (χ1) is 17.3. The standard InChI is InChI=1S/C28H34N2O5Si/c1-5-32-27(31)24-20-34-26(30-24)23-19-33-25(29-23)17-12-18-35-36(28(2,3)4,21-13-8-6-9-14-21)22-15-10-7-11-16-22/h6-11,13-16,19,24H,5,12,17-18,20H2,1-4H3/t24-/m0/s1. The molecule has 0 N–H and O–H groups in total. The van der Waals surface area contributed by atoms with E-state index in [-0.39, 0.29) is 11.6 Å². The molecule has 1 atom stereocenters. The summed E-state index contributed by atoms with van der Waals surface area (Å²) in [5.74, 6) is 0.505. The van der Waals surface area contributed by atoms with Crippen molar-refractivity contribution in [2.24, 2.45) is 4.99 Å². The predicted octanol–water partition coefficient (Wildman–Crippen LogP) is 3.89. The van der Waals surface area contributed by atoms with E-state index in [2.05, 4.69) is 79.3 Å². The van der Waals surface area contributed by atoms with Crippen LogP contribution in [0.15, 0.2) is 76.3 Å². The van der Waals surface area contributed by atoms with Gasteiger partial charge in [-0.05, 0) is 28.8 Å². The smallest absolute Gasteiger partial charge is 0.334 e. The average Bonchev–Trinajstić information content (AvgIpc) is 3.55. The number of oxazole rings is 1. The van der Waals surface area contributed by atoms with Crippen LogP contribution in [0.5, 0.6) is 0 Å². The number of hydrogen-bond donors (Lipinski definition) is 0. The van der Waals surface area contributed by atoms with Gasteiger partial charge < -0.3 is 18.3 Å². The second-order valence-electron chi connectivity index (χ2n) is 9.75. The number of aryl methyl sites for hydroxylation is 1. The number of ether oxygens (including phenoxy) is 2. The summed E-state index contributed by atoms with van der Waals surface area (Å²) >= 11 is 0. The van der Waals surface area contributed by atoms with E-state index in [4.69, 9.17) is 18.3 Å². The van der Waals surface area contributed by atoms with Crippen LogP contribution in [-0.2, 0) is 25.1 Å². The van der Waals surface area contributed by atoms with Gasteiger partial charge in [-0.1, -0.05) is 81.4 Å². The first-order valence-corrected chi connectivity index (χ1v) is 14.3. The molecular weight excluding hydrogens is 472 g/mol. The highest BCUT2D eigenvalue weighted by molar-refractivity contribution is 6.99. The van der Waals surface area contributed by atoms with Crippen molar-refractivity contribution < 1.29 is 23.1 Å². The zero-order valence-corrected chi connectivity index (χ0v) is 22.4. The lowest BCUT2D eigenvalue weighted by Gasteiger charge is -2.43. The predicted molar refractivity (Wildman–Crippen MR) is 141 cm³/mol. The SMILES string of the molecule is CCOC(=O)[C@@H]1COC(c2coc(CCCO[Si](c3ccccc3)(c3ccccc3)C(C)(C)C)n2)=N1. The normalized spacial score (nSPS) is 15.9. The summed E-state index contributed by atoms with van der Waals surface area (Å²) in [6.45, 7) is 9.61. The number of rotatable bonds is 10. The summed E-state index contributed by atoms with van der Waals surface area (Å²) in [5, 5.41) is 2.45. The summed E-state index contributed by atoms with van der Waals surface area (Å²) in [5.41, 5.74) is 0.490. The van der Waals surface area contributed by atoms with Crippen LogP contribution in [0.4, 0.5) is 0 Å². The van der Waals surface area contributed by atoms with Crippen LogP contribution in [0.2, 0.25) is 5.04 Å². The van der Waals surface area contributed by atoms with Gasteiger partial charge in [0.05, 0.1) is 6.61 Å². The van der Waals surface area contributed by atoms with E-state index in [1.165, 1.54) is 16.6 Å². The molecule has 1 aliphatic rings. The summed E-state index contributed by atoms with van der Waals surface area (Å²) in [4.78, 5) is 20.7. The molecule has 2 aromatic carbocycles. The molecule has 7 nitrogen and oxygen atoms in total. The molecule has 0 amide bonds. The Kier molecular flexibility index (Phi) is 8.06. The van der Waals surface area contributed by atoms with Gasteiger partial charge in [-0.3, -0.25) is 0 Å².